The molecule has 0 aliphatic carbocycles. The average molecular weight is 446 g/mol. The van der Waals surface area contributed by atoms with E-state index in [-0.39, 0.29) is 12.5 Å². The first-order valence-corrected chi connectivity index (χ1v) is 10.1. The van der Waals surface area contributed by atoms with E-state index in [1.165, 1.54) is 0 Å². The van der Waals surface area contributed by atoms with Crippen LogP contribution >= 0.6 is 0 Å². The molecule has 0 bridgehead atoms. The highest BCUT2D eigenvalue weighted by Crippen LogP contribution is 2.31. The Bertz CT molecular complexity index is 1210. The van der Waals surface area contributed by atoms with Crippen LogP contribution in [0.15, 0.2) is 71.5 Å². The molecule has 168 valence electrons. The fraction of sp³-hybridized carbons (Fsp3) is 0.167. The molecule has 2 aromatic carbocycles. The first-order valence-electron chi connectivity index (χ1n) is 10.1. The average Bonchev–Trinajstić information content (AvgIpc) is 3.27. The third-order valence-corrected chi connectivity index (χ3v) is 4.59. The minimum atomic E-state index is -0.265. The lowest BCUT2D eigenvalue weighted by atomic mass is 10.2. The Balaban J connectivity index is 1.37. The SMILES string of the molecule is COc1ccc(NC(=O)c2ccc(OCc3noc(C)n3)cc2)cc1OCc1cccnc1. The van der Waals surface area contributed by atoms with E-state index in [1.54, 1.807) is 68.9 Å². The van der Waals surface area contributed by atoms with Gasteiger partial charge in [-0.05, 0) is 42.5 Å². The van der Waals surface area contributed by atoms with Crippen LogP contribution in [0, 0.1) is 6.92 Å². The van der Waals surface area contributed by atoms with E-state index >= 15 is 0 Å². The lowest BCUT2D eigenvalue weighted by Crippen LogP contribution is -2.12. The quantitative estimate of drug-likeness (QED) is 0.408. The molecule has 0 aliphatic rings. The Kier molecular flexibility index (Phi) is 6.79. The molecule has 9 nitrogen and oxygen atoms in total. The maximum Gasteiger partial charge on any atom is 0.255 e. The van der Waals surface area contributed by atoms with Gasteiger partial charge < -0.3 is 24.1 Å². The van der Waals surface area contributed by atoms with Crippen molar-refractivity contribution in [2.45, 2.75) is 20.1 Å². The molecule has 0 fully saturated rings. The number of methoxy groups -OCH3 is 1. The minimum absolute atomic E-state index is 0.177. The Labute approximate surface area is 190 Å². The van der Waals surface area contributed by atoms with Crippen molar-refractivity contribution in [2.75, 3.05) is 12.4 Å². The van der Waals surface area contributed by atoms with Crippen LogP contribution in [-0.2, 0) is 13.2 Å². The summed E-state index contributed by atoms with van der Waals surface area (Å²) >= 11 is 0. The molecule has 0 unspecified atom stereocenters. The molecule has 1 amide bonds. The molecule has 4 rings (SSSR count). The smallest absolute Gasteiger partial charge is 0.255 e. The van der Waals surface area contributed by atoms with Crippen LogP contribution in [0.2, 0.25) is 0 Å². The maximum absolute atomic E-state index is 12.7. The molecular weight excluding hydrogens is 424 g/mol. The number of benzene rings is 2. The fourth-order valence-electron chi connectivity index (χ4n) is 2.97. The van der Waals surface area contributed by atoms with Crippen molar-refractivity contribution in [1.82, 2.24) is 15.1 Å². The molecule has 0 saturated carbocycles. The highest BCUT2D eigenvalue weighted by molar-refractivity contribution is 6.04. The van der Waals surface area contributed by atoms with Crippen molar-refractivity contribution in [1.29, 1.82) is 0 Å². The molecule has 0 radical (unpaired) electrons. The number of nitrogens with one attached hydrogen (secondary N) is 1. The summed E-state index contributed by atoms with van der Waals surface area (Å²) in [5.41, 5.74) is 1.98. The van der Waals surface area contributed by atoms with Gasteiger partial charge in [0.05, 0.1) is 7.11 Å². The van der Waals surface area contributed by atoms with E-state index in [0.717, 1.165) is 5.56 Å². The molecule has 0 aliphatic heterocycles. The molecule has 0 spiro atoms. The van der Waals surface area contributed by atoms with E-state index < -0.39 is 0 Å². The number of aromatic nitrogens is 3. The second-order valence-electron chi connectivity index (χ2n) is 7.01. The molecule has 0 saturated heterocycles. The van der Waals surface area contributed by atoms with Gasteiger partial charge in [0.25, 0.3) is 5.91 Å². The van der Waals surface area contributed by atoms with E-state index in [1.807, 2.05) is 12.1 Å². The second-order valence-corrected chi connectivity index (χ2v) is 7.01. The summed E-state index contributed by atoms with van der Waals surface area (Å²) in [4.78, 5) is 20.8. The number of amides is 1. The van der Waals surface area contributed by atoms with Gasteiger partial charge in [-0.3, -0.25) is 9.78 Å². The predicted octanol–water partition coefficient (Wildman–Crippen LogP) is 4.19. The van der Waals surface area contributed by atoms with Gasteiger partial charge in [0.2, 0.25) is 11.7 Å². The maximum atomic E-state index is 12.7. The fourth-order valence-corrected chi connectivity index (χ4v) is 2.97. The Morgan fingerprint density at radius 1 is 1.03 bits per heavy atom. The first kappa shape index (κ1) is 21.8. The van der Waals surface area contributed by atoms with E-state index in [4.69, 9.17) is 18.7 Å². The standard InChI is InChI=1S/C24H22N4O5/c1-16-26-23(28-33-16)15-31-20-8-5-18(6-9-20)24(29)27-19-7-10-21(30-2)22(12-19)32-14-17-4-3-11-25-13-17/h3-13H,14-15H2,1-2H3,(H,27,29). The Hall–Kier alpha value is -4.40. The highest BCUT2D eigenvalue weighted by atomic mass is 16.5. The monoisotopic (exact) mass is 446 g/mol. The van der Waals surface area contributed by atoms with Crippen molar-refractivity contribution in [3.63, 3.8) is 0 Å². The topological polar surface area (TPSA) is 109 Å². The Morgan fingerprint density at radius 2 is 1.88 bits per heavy atom. The van der Waals surface area contributed by atoms with Gasteiger partial charge in [-0.2, -0.15) is 4.98 Å². The number of nitrogens with zero attached hydrogens (tertiary/aromatic N) is 3. The van der Waals surface area contributed by atoms with Crippen LogP contribution in [0.3, 0.4) is 0 Å². The van der Waals surface area contributed by atoms with Crippen LogP contribution in [0.1, 0.15) is 27.6 Å². The largest absolute Gasteiger partial charge is 0.493 e. The summed E-state index contributed by atoms with van der Waals surface area (Å²) < 4.78 is 21.8. The molecular formula is C24H22N4O5. The summed E-state index contributed by atoms with van der Waals surface area (Å²) in [5.74, 6) is 2.33. The van der Waals surface area contributed by atoms with E-state index in [9.17, 15) is 4.79 Å². The molecule has 1 N–H and O–H groups in total. The number of rotatable bonds is 9. The van der Waals surface area contributed by atoms with Crippen LogP contribution in [0.4, 0.5) is 5.69 Å². The van der Waals surface area contributed by atoms with E-state index in [2.05, 4.69) is 20.4 Å². The number of pyridine rings is 1. The van der Waals surface area contributed by atoms with Crippen LogP contribution in [0.5, 0.6) is 17.2 Å². The van der Waals surface area contributed by atoms with Crippen molar-refractivity contribution in [2.24, 2.45) is 0 Å². The molecule has 0 atom stereocenters. The third kappa shape index (κ3) is 5.85. The van der Waals surface area contributed by atoms with Crippen LogP contribution < -0.4 is 19.5 Å². The Morgan fingerprint density at radius 3 is 2.58 bits per heavy atom. The predicted molar refractivity (Wildman–Crippen MR) is 119 cm³/mol. The highest BCUT2D eigenvalue weighted by Gasteiger charge is 2.11. The molecule has 2 heterocycles. The first-order chi connectivity index (χ1) is 16.1. The van der Waals surface area contributed by atoms with Gasteiger partial charge in [0.15, 0.2) is 18.1 Å². The van der Waals surface area contributed by atoms with Crippen molar-refractivity contribution in [3.05, 3.63) is 89.8 Å². The normalized spacial score (nSPS) is 10.5. The van der Waals surface area contributed by atoms with Crippen molar-refractivity contribution in [3.8, 4) is 17.2 Å². The molecule has 2 aromatic heterocycles. The summed E-state index contributed by atoms with van der Waals surface area (Å²) in [5, 5.41) is 6.64. The molecule has 33 heavy (non-hydrogen) atoms. The molecule has 4 aromatic rings. The number of anilines is 1. The zero-order valence-electron chi connectivity index (χ0n) is 18.1. The summed E-state index contributed by atoms with van der Waals surface area (Å²) in [6, 6.07) is 15.7. The summed E-state index contributed by atoms with van der Waals surface area (Å²) in [7, 11) is 1.56. The molecule has 9 heteroatoms. The van der Waals surface area contributed by atoms with E-state index in [0.29, 0.717) is 46.8 Å². The van der Waals surface area contributed by atoms with Gasteiger partial charge in [0, 0.05) is 42.2 Å². The number of aryl methyl sites for hydroxylation is 1. The second kappa shape index (κ2) is 10.3. The zero-order valence-corrected chi connectivity index (χ0v) is 18.1. The number of hydrogen-bond acceptors (Lipinski definition) is 8. The van der Waals surface area contributed by atoms with Gasteiger partial charge in [0.1, 0.15) is 12.4 Å². The number of ether oxygens (including phenoxy) is 3. The van der Waals surface area contributed by atoms with Crippen molar-refractivity contribution < 1.29 is 23.5 Å². The zero-order chi connectivity index (χ0) is 23.0. The van der Waals surface area contributed by atoms with Gasteiger partial charge in [-0.15, -0.1) is 0 Å². The van der Waals surface area contributed by atoms with Crippen molar-refractivity contribution >= 4 is 11.6 Å². The third-order valence-electron chi connectivity index (χ3n) is 4.59. The van der Waals surface area contributed by atoms with Gasteiger partial charge >= 0.3 is 0 Å². The van der Waals surface area contributed by atoms with Crippen LogP contribution in [-0.4, -0.2) is 28.1 Å². The lowest BCUT2D eigenvalue weighted by Gasteiger charge is -2.13. The van der Waals surface area contributed by atoms with Gasteiger partial charge in [-0.1, -0.05) is 11.2 Å². The minimum Gasteiger partial charge on any atom is -0.493 e. The number of carbonyl (C=O) groups is 1. The number of hydrogen-bond donors (Lipinski definition) is 1. The summed E-state index contributed by atoms with van der Waals surface area (Å²) in [6.07, 6.45) is 3.43. The lowest BCUT2D eigenvalue weighted by molar-refractivity contribution is 0.102. The van der Waals surface area contributed by atoms with Crippen LogP contribution in [0.25, 0.3) is 0 Å². The number of carbonyl (C=O) groups excluding carboxylic acids is 1. The van der Waals surface area contributed by atoms with Gasteiger partial charge in [-0.25, -0.2) is 0 Å². The summed E-state index contributed by atoms with van der Waals surface area (Å²) in [6.45, 7) is 2.21.